The average Bonchev–Trinajstić information content (AvgIpc) is 2.90. The minimum absolute atomic E-state index is 0.182. The molecule has 1 amide bonds. The number of hydrogen-bond donors (Lipinski definition) is 1. The van der Waals surface area contributed by atoms with Gasteiger partial charge in [0.05, 0.1) is 30.3 Å². The number of rotatable bonds is 5. The SMILES string of the molecule is COc1ccccc1N1CCN2c3ccc(C(F)(F)F)cc3CC(C(=O)NCc3cccnc3)C2C1. The number of piperazine rings is 1. The summed E-state index contributed by atoms with van der Waals surface area (Å²) in [6.07, 6.45) is -0.859. The van der Waals surface area contributed by atoms with Gasteiger partial charge in [-0.15, -0.1) is 0 Å². The smallest absolute Gasteiger partial charge is 0.416 e. The van der Waals surface area contributed by atoms with Crippen LogP contribution in [0.5, 0.6) is 5.75 Å². The van der Waals surface area contributed by atoms with Crippen molar-refractivity contribution in [1.29, 1.82) is 0 Å². The van der Waals surface area contributed by atoms with E-state index in [9.17, 15) is 18.0 Å². The number of alkyl halides is 3. The molecule has 1 N–H and O–H groups in total. The molecule has 2 aromatic carbocycles. The maximum atomic E-state index is 13.5. The van der Waals surface area contributed by atoms with Crippen LogP contribution < -0.4 is 19.9 Å². The summed E-state index contributed by atoms with van der Waals surface area (Å²) in [6, 6.07) is 15.1. The van der Waals surface area contributed by atoms with Crippen LogP contribution in [0.25, 0.3) is 0 Å². The van der Waals surface area contributed by atoms with Crippen LogP contribution in [0.1, 0.15) is 16.7 Å². The molecule has 36 heavy (non-hydrogen) atoms. The van der Waals surface area contributed by atoms with Crippen LogP contribution >= 0.6 is 0 Å². The van der Waals surface area contributed by atoms with E-state index in [0.29, 0.717) is 31.7 Å². The molecule has 3 aromatic rings. The molecule has 2 aliphatic rings. The number of methoxy groups -OCH3 is 1. The molecule has 1 fully saturated rings. The number of anilines is 2. The van der Waals surface area contributed by atoms with Gasteiger partial charge in [-0.2, -0.15) is 13.2 Å². The Balaban J connectivity index is 1.46. The zero-order valence-electron chi connectivity index (χ0n) is 19.8. The number of carbonyl (C=O) groups is 1. The second-order valence-electron chi connectivity index (χ2n) is 9.11. The third-order valence-electron chi connectivity index (χ3n) is 6.99. The van der Waals surface area contributed by atoms with E-state index < -0.39 is 17.7 Å². The minimum atomic E-state index is -4.44. The van der Waals surface area contributed by atoms with Crippen molar-refractivity contribution in [3.8, 4) is 5.75 Å². The molecule has 3 heterocycles. The number of nitrogens with one attached hydrogen (secondary N) is 1. The largest absolute Gasteiger partial charge is 0.495 e. The Hall–Kier alpha value is -3.75. The topological polar surface area (TPSA) is 57.7 Å². The first-order valence-electron chi connectivity index (χ1n) is 11.9. The highest BCUT2D eigenvalue weighted by Gasteiger charge is 2.43. The number of aromatic nitrogens is 1. The van der Waals surface area contributed by atoms with E-state index in [0.717, 1.165) is 28.8 Å². The number of pyridine rings is 1. The van der Waals surface area contributed by atoms with Crippen LogP contribution in [0.4, 0.5) is 24.5 Å². The van der Waals surface area contributed by atoms with Gasteiger partial charge in [-0.05, 0) is 53.9 Å². The summed E-state index contributed by atoms with van der Waals surface area (Å²) in [5.74, 6) is 0.0449. The second-order valence-corrected chi connectivity index (χ2v) is 9.11. The van der Waals surface area contributed by atoms with E-state index in [-0.39, 0.29) is 18.4 Å². The molecule has 0 bridgehead atoms. The zero-order chi connectivity index (χ0) is 25.3. The number of hydrogen-bond acceptors (Lipinski definition) is 5. The fourth-order valence-electron chi connectivity index (χ4n) is 5.23. The maximum Gasteiger partial charge on any atom is 0.416 e. The van der Waals surface area contributed by atoms with Crippen LogP contribution in [-0.4, -0.2) is 43.7 Å². The molecule has 0 saturated carbocycles. The van der Waals surface area contributed by atoms with Gasteiger partial charge >= 0.3 is 6.18 Å². The summed E-state index contributed by atoms with van der Waals surface area (Å²) in [7, 11) is 1.62. The van der Waals surface area contributed by atoms with Crippen LogP contribution in [0.3, 0.4) is 0 Å². The molecule has 0 spiro atoms. The number of fused-ring (bicyclic) bond motifs is 3. The van der Waals surface area contributed by atoms with Crippen molar-refractivity contribution < 1.29 is 22.7 Å². The van der Waals surface area contributed by atoms with Crippen molar-refractivity contribution in [2.75, 3.05) is 36.5 Å². The Morgan fingerprint density at radius 1 is 1.11 bits per heavy atom. The first-order chi connectivity index (χ1) is 17.3. The van der Waals surface area contributed by atoms with Crippen LogP contribution in [0.15, 0.2) is 67.0 Å². The first-order valence-corrected chi connectivity index (χ1v) is 11.9. The molecule has 5 rings (SSSR count). The summed E-state index contributed by atoms with van der Waals surface area (Å²) in [5, 5.41) is 2.98. The van der Waals surface area contributed by atoms with E-state index in [2.05, 4.69) is 20.1 Å². The van der Waals surface area contributed by atoms with E-state index in [1.54, 1.807) is 31.6 Å². The van der Waals surface area contributed by atoms with E-state index in [1.165, 1.54) is 6.07 Å². The summed E-state index contributed by atoms with van der Waals surface area (Å²) in [4.78, 5) is 21.8. The lowest BCUT2D eigenvalue weighted by Gasteiger charge is -2.49. The highest BCUT2D eigenvalue weighted by molar-refractivity contribution is 5.82. The first kappa shape index (κ1) is 24.0. The standard InChI is InChI=1S/C27H27F3N4O2/c1-36-25-7-3-2-6-23(25)33-11-12-34-22-9-8-20(27(28,29)30)13-19(22)14-21(24(34)17-33)26(35)32-16-18-5-4-10-31-15-18/h2-10,13,15,21,24H,11-12,14,16-17H2,1H3,(H,32,35). The predicted octanol–water partition coefficient (Wildman–Crippen LogP) is 4.29. The summed E-state index contributed by atoms with van der Waals surface area (Å²) in [5.41, 5.74) is 2.42. The maximum absolute atomic E-state index is 13.5. The average molecular weight is 497 g/mol. The molecular weight excluding hydrogens is 469 g/mol. The van der Waals surface area contributed by atoms with Crippen molar-refractivity contribution in [2.24, 2.45) is 5.92 Å². The second kappa shape index (κ2) is 9.72. The van der Waals surface area contributed by atoms with Crippen molar-refractivity contribution in [1.82, 2.24) is 10.3 Å². The minimum Gasteiger partial charge on any atom is -0.495 e. The third kappa shape index (κ3) is 4.69. The highest BCUT2D eigenvalue weighted by Crippen LogP contribution is 2.41. The molecule has 1 saturated heterocycles. The molecule has 2 unspecified atom stereocenters. The molecule has 2 atom stereocenters. The third-order valence-corrected chi connectivity index (χ3v) is 6.99. The zero-order valence-corrected chi connectivity index (χ0v) is 19.8. The lowest BCUT2D eigenvalue weighted by atomic mass is 9.82. The quantitative estimate of drug-likeness (QED) is 0.571. The lowest BCUT2D eigenvalue weighted by molar-refractivity contribution is -0.137. The number of carbonyl (C=O) groups excluding carboxylic acids is 1. The Kier molecular flexibility index (Phi) is 6.47. The molecule has 188 valence electrons. The van der Waals surface area contributed by atoms with Crippen LogP contribution in [0, 0.1) is 5.92 Å². The fraction of sp³-hybridized carbons (Fsp3) is 0.333. The van der Waals surface area contributed by atoms with Crippen molar-refractivity contribution in [3.63, 3.8) is 0 Å². The monoisotopic (exact) mass is 496 g/mol. The Bertz CT molecular complexity index is 1240. The molecule has 1 aromatic heterocycles. The van der Waals surface area contributed by atoms with Crippen molar-refractivity contribution in [3.05, 3.63) is 83.7 Å². The Labute approximate surface area is 207 Å². The fourth-order valence-corrected chi connectivity index (χ4v) is 5.23. The molecule has 0 aliphatic carbocycles. The lowest BCUT2D eigenvalue weighted by Crippen LogP contribution is -2.61. The van der Waals surface area contributed by atoms with Gasteiger partial charge in [0.2, 0.25) is 5.91 Å². The Morgan fingerprint density at radius 3 is 2.69 bits per heavy atom. The van der Waals surface area contributed by atoms with Gasteiger partial charge in [-0.1, -0.05) is 18.2 Å². The molecule has 9 heteroatoms. The molecule has 6 nitrogen and oxygen atoms in total. The summed E-state index contributed by atoms with van der Waals surface area (Å²) < 4.78 is 45.9. The number of benzene rings is 2. The Morgan fingerprint density at radius 2 is 1.94 bits per heavy atom. The summed E-state index contributed by atoms with van der Waals surface area (Å²) >= 11 is 0. The van der Waals surface area contributed by atoms with Gasteiger partial charge in [0.1, 0.15) is 5.75 Å². The number of ether oxygens (including phenoxy) is 1. The molecule has 0 radical (unpaired) electrons. The molecule has 2 aliphatic heterocycles. The summed E-state index contributed by atoms with van der Waals surface area (Å²) in [6.45, 7) is 2.09. The van der Waals surface area contributed by atoms with Crippen LogP contribution in [-0.2, 0) is 23.9 Å². The van der Waals surface area contributed by atoms with Gasteiger partial charge in [-0.25, -0.2) is 0 Å². The van der Waals surface area contributed by atoms with E-state index >= 15 is 0 Å². The predicted molar refractivity (Wildman–Crippen MR) is 131 cm³/mol. The van der Waals surface area contributed by atoms with Crippen molar-refractivity contribution in [2.45, 2.75) is 25.2 Å². The normalized spacial score (nSPS) is 19.3. The molecular formula is C27H27F3N4O2. The van der Waals surface area contributed by atoms with Gasteiger partial charge < -0.3 is 19.9 Å². The number of para-hydroxylation sites is 2. The van der Waals surface area contributed by atoms with Gasteiger partial charge in [0.15, 0.2) is 0 Å². The van der Waals surface area contributed by atoms with Gasteiger partial charge in [0, 0.05) is 44.3 Å². The van der Waals surface area contributed by atoms with Gasteiger partial charge in [-0.3, -0.25) is 9.78 Å². The number of amides is 1. The van der Waals surface area contributed by atoms with E-state index in [4.69, 9.17) is 4.74 Å². The number of nitrogens with zero attached hydrogens (tertiary/aromatic N) is 3. The van der Waals surface area contributed by atoms with Gasteiger partial charge in [0.25, 0.3) is 0 Å². The van der Waals surface area contributed by atoms with E-state index in [1.807, 2.05) is 30.3 Å². The van der Waals surface area contributed by atoms with Crippen molar-refractivity contribution >= 4 is 17.3 Å². The highest BCUT2D eigenvalue weighted by atomic mass is 19.4. The van der Waals surface area contributed by atoms with Crippen LogP contribution in [0.2, 0.25) is 0 Å². The number of halogens is 3.